The molecule has 1 aromatic heterocycles. The normalized spacial score (nSPS) is 12.4. The van der Waals surface area contributed by atoms with Gasteiger partial charge >= 0.3 is 6.36 Å². The summed E-state index contributed by atoms with van der Waals surface area (Å²) in [4.78, 5) is 0.641. The molecule has 0 radical (unpaired) electrons. The Hall–Kier alpha value is -2.39. The second kappa shape index (κ2) is 8.39. The van der Waals surface area contributed by atoms with E-state index in [-0.39, 0.29) is 20.4 Å². The van der Waals surface area contributed by atoms with Gasteiger partial charge in [0.1, 0.15) is 16.4 Å². The lowest BCUT2D eigenvalue weighted by atomic mass is 10.0. The third kappa shape index (κ3) is 5.02. The van der Waals surface area contributed by atoms with Gasteiger partial charge in [-0.3, -0.25) is 0 Å². The zero-order valence-electron chi connectivity index (χ0n) is 16.4. The number of ether oxygens (including phenoxy) is 1. The van der Waals surface area contributed by atoms with Crippen molar-refractivity contribution in [3.63, 3.8) is 0 Å². The molecule has 30 heavy (non-hydrogen) atoms. The summed E-state index contributed by atoms with van der Waals surface area (Å²) in [6.45, 7) is 5.58. The predicted molar refractivity (Wildman–Crippen MR) is 107 cm³/mol. The molecule has 0 aliphatic heterocycles. The van der Waals surface area contributed by atoms with Crippen LogP contribution in [-0.4, -0.2) is 14.8 Å². The van der Waals surface area contributed by atoms with Crippen LogP contribution in [0.5, 0.6) is 5.75 Å². The van der Waals surface area contributed by atoms with Crippen molar-refractivity contribution in [2.45, 2.75) is 52.6 Å². The van der Waals surface area contributed by atoms with Gasteiger partial charge in [0.25, 0.3) is 0 Å². The smallest absolute Gasteiger partial charge is 0.468 e. The van der Waals surface area contributed by atoms with Gasteiger partial charge in [0.05, 0.1) is 11.2 Å². The zero-order valence-corrected chi connectivity index (χ0v) is 18.0. The van der Waals surface area contributed by atoms with E-state index in [1.165, 1.54) is 25.3 Å². The highest BCUT2D eigenvalue weighted by molar-refractivity contribution is 8.00. The number of alkyl halides is 3. The molecule has 0 N–H and O–H groups in total. The average molecular weight is 457 g/mol. The zero-order chi connectivity index (χ0) is 22.1. The van der Waals surface area contributed by atoms with E-state index in [1.807, 2.05) is 24.3 Å². The summed E-state index contributed by atoms with van der Waals surface area (Å²) in [6.07, 6.45) is -3.72. The number of halogens is 3. The van der Waals surface area contributed by atoms with Crippen molar-refractivity contribution in [1.82, 2.24) is 0 Å². The number of rotatable bonds is 6. The Balaban J connectivity index is 2.07. The van der Waals surface area contributed by atoms with Gasteiger partial charge in [0.2, 0.25) is 9.84 Å². The van der Waals surface area contributed by atoms with Crippen molar-refractivity contribution in [3.8, 4) is 5.75 Å². The summed E-state index contributed by atoms with van der Waals surface area (Å²) in [5, 5.41) is 0. The fourth-order valence-electron chi connectivity index (χ4n) is 2.80. The Labute approximate surface area is 177 Å². The average Bonchev–Trinajstić information content (AvgIpc) is 3.09. The SMILES string of the molecule is Cc1occc1S(=O)(=O)c1cc(OC(F)(F)F)ccc1Sc1ccc(C(C)C)cc1. The number of aryl methyl sites for hydroxylation is 1. The third-order valence-electron chi connectivity index (χ3n) is 4.31. The first-order valence-corrected chi connectivity index (χ1v) is 11.2. The number of sulfone groups is 1. The number of furan rings is 1. The van der Waals surface area contributed by atoms with Crippen LogP contribution in [0.4, 0.5) is 13.2 Å². The molecule has 0 saturated carbocycles. The van der Waals surface area contributed by atoms with Crippen molar-refractivity contribution in [1.29, 1.82) is 0 Å². The fraction of sp³-hybridized carbons (Fsp3) is 0.238. The van der Waals surface area contributed by atoms with Gasteiger partial charge in [-0.15, -0.1) is 13.2 Å². The highest BCUT2D eigenvalue weighted by Gasteiger charge is 2.33. The molecule has 3 rings (SSSR count). The number of hydrogen-bond donors (Lipinski definition) is 0. The van der Waals surface area contributed by atoms with E-state index >= 15 is 0 Å². The van der Waals surface area contributed by atoms with Gasteiger partial charge in [0.15, 0.2) is 0 Å². The summed E-state index contributed by atoms with van der Waals surface area (Å²) in [7, 11) is -4.14. The minimum absolute atomic E-state index is 0.108. The predicted octanol–water partition coefficient (Wildman–Crippen LogP) is 6.59. The summed E-state index contributed by atoms with van der Waals surface area (Å²) >= 11 is 1.14. The van der Waals surface area contributed by atoms with Crippen LogP contribution in [0.1, 0.15) is 31.1 Å². The van der Waals surface area contributed by atoms with Crippen LogP contribution in [0.2, 0.25) is 0 Å². The van der Waals surface area contributed by atoms with Gasteiger partial charge < -0.3 is 9.15 Å². The van der Waals surface area contributed by atoms with E-state index in [0.29, 0.717) is 5.92 Å². The molecule has 0 aliphatic carbocycles. The second-order valence-electron chi connectivity index (χ2n) is 6.83. The molecule has 0 atom stereocenters. The molecule has 2 aromatic carbocycles. The van der Waals surface area contributed by atoms with Crippen molar-refractivity contribution >= 4 is 21.6 Å². The van der Waals surface area contributed by atoms with Crippen molar-refractivity contribution < 1.29 is 30.7 Å². The maximum absolute atomic E-state index is 13.2. The first-order valence-electron chi connectivity index (χ1n) is 8.94. The molecule has 4 nitrogen and oxygen atoms in total. The molecule has 0 aliphatic rings. The maximum Gasteiger partial charge on any atom is 0.573 e. The van der Waals surface area contributed by atoms with E-state index in [2.05, 4.69) is 18.6 Å². The first kappa shape index (κ1) is 22.3. The van der Waals surface area contributed by atoms with Gasteiger partial charge in [-0.05, 0) is 48.7 Å². The Morgan fingerprint density at radius 1 is 1.00 bits per heavy atom. The van der Waals surface area contributed by atoms with E-state index < -0.39 is 21.9 Å². The molecule has 0 amide bonds. The Morgan fingerprint density at radius 2 is 1.67 bits per heavy atom. The van der Waals surface area contributed by atoms with Crippen molar-refractivity contribution in [2.24, 2.45) is 0 Å². The Kier molecular flexibility index (Phi) is 6.24. The molecule has 9 heteroatoms. The summed E-state index contributed by atoms with van der Waals surface area (Å²) in [5.74, 6) is -0.126. The van der Waals surface area contributed by atoms with E-state index in [4.69, 9.17) is 4.42 Å². The molecule has 0 fully saturated rings. The molecule has 0 unspecified atom stereocenters. The lowest BCUT2D eigenvalue weighted by molar-refractivity contribution is -0.274. The monoisotopic (exact) mass is 456 g/mol. The standard InChI is InChI=1S/C21H19F3O4S2/c1-13(2)15-4-7-17(8-5-15)29-18-9-6-16(28-21(22,23)24)12-20(18)30(25,26)19-10-11-27-14(19)3/h4-13H,1-3H3. The van der Waals surface area contributed by atoms with Crippen LogP contribution >= 0.6 is 11.8 Å². The van der Waals surface area contributed by atoms with Crippen molar-refractivity contribution in [3.05, 3.63) is 66.1 Å². The Bertz CT molecular complexity index is 1130. The largest absolute Gasteiger partial charge is 0.573 e. The fourth-order valence-corrected chi connectivity index (χ4v) is 5.58. The van der Waals surface area contributed by atoms with E-state index in [0.717, 1.165) is 34.4 Å². The molecule has 160 valence electrons. The highest BCUT2D eigenvalue weighted by atomic mass is 32.2. The summed E-state index contributed by atoms with van der Waals surface area (Å²) < 4.78 is 73.4. The maximum atomic E-state index is 13.2. The molecule has 0 bridgehead atoms. The quantitative estimate of drug-likeness (QED) is 0.419. The van der Waals surface area contributed by atoms with E-state index in [9.17, 15) is 21.6 Å². The van der Waals surface area contributed by atoms with Gasteiger partial charge in [-0.25, -0.2) is 8.42 Å². The van der Waals surface area contributed by atoms with Crippen LogP contribution in [-0.2, 0) is 9.84 Å². The topological polar surface area (TPSA) is 56.5 Å². The molecule has 3 aromatic rings. The van der Waals surface area contributed by atoms with Crippen LogP contribution in [0.25, 0.3) is 0 Å². The summed E-state index contributed by atoms with van der Waals surface area (Å²) in [5.41, 5.74) is 1.12. The first-order chi connectivity index (χ1) is 14.0. The molecular formula is C21H19F3O4S2. The van der Waals surface area contributed by atoms with Crippen molar-refractivity contribution in [2.75, 3.05) is 0 Å². The van der Waals surface area contributed by atoms with Gasteiger partial charge in [0, 0.05) is 15.9 Å². The number of hydrogen-bond acceptors (Lipinski definition) is 5. The molecule has 0 spiro atoms. The van der Waals surface area contributed by atoms with Crippen LogP contribution < -0.4 is 4.74 Å². The lowest BCUT2D eigenvalue weighted by Crippen LogP contribution is -2.17. The second-order valence-corrected chi connectivity index (χ2v) is 9.83. The molecule has 1 heterocycles. The number of benzene rings is 2. The van der Waals surface area contributed by atoms with Gasteiger partial charge in [-0.2, -0.15) is 0 Å². The highest BCUT2D eigenvalue weighted by Crippen LogP contribution is 2.39. The summed E-state index contributed by atoms with van der Waals surface area (Å²) in [6, 6.07) is 12.1. The third-order valence-corrected chi connectivity index (χ3v) is 7.45. The molecule has 0 saturated heterocycles. The minimum Gasteiger partial charge on any atom is -0.468 e. The van der Waals surface area contributed by atoms with E-state index in [1.54, 1.807) is 0 Å². The van der Waals surface area contributed by atoms with Gasteiger partial charge in [-0.1, -0.05) is 37.7 Å². The lowest BCUT2D eigenvalue weighted by Gasteiger charge is -2.14. The minimum atomic E-state index is -4.94. The Morgan fingerprint density at radius 3 is 2.20 bits per heavy atom. The van der Waals surface area contributed by atoms with Crippen LogP contribution in [0, 0.1) is 6.92 Å². The van der Waals surface area contributed by atoms with Crippen LogP contribution in [0.3, 0.4) is 0 Å². The molecular weight excluding hydrogens is 437 g/mol. The van der Waals surface area contributed by atoms with Crippen LogP contribution in [0.15, 0.2) is 78.8 Å².